The number of halogens is 1. The lowest BCUT2D eigenvalue weighted by atomic mass is 10.1. The maximum absolute atomic E-state index is 12.0. The molecule has 0 unspecified atom stereocenters. The number of carbonyl (C=O) groups is 1. The van der Waals surface area contributed by atoms with E-state index in [1.165, 1.54) is 16.2 Å². The van der Waals surface area contributed by atoms with Crippen LogP contribution in [-0.2, 0) is 6.42 Å². The Balaban J connectivity index is 2.04. The second-order valence-corrected chi connectivity index (χ2v) is 6.90. The monoisotopic (exact) mass is 296 g/mol. The Morgan fingerprint density at radius 2 is 1.94 bits per heavy atom. The number of hydrogen-bond acceptors (Lipinski definition) is 3. The van der Waals surface area contributed by atoms with Crippen molar-refractivity contribution in [1.82, 2.24) is 0 Å². The fourth-order valence-corrected chi connectivity index (χ4v) is 3.36. The lowest BCUT2D eigenvalue weighted by molar-refractivity contribution is 0.0994. The zero-order chi connectivity index (χ0) is 13.0. The SMILES string of the molecule is CCSc1ccc(C(=O)Cc2ccc(Cl)s2)cc1. The lowest BCUT2D eigenvalue weighted by Crippen LogP contribution is -2.01. The summed E-state index contributed by atoms with van der Waals surface area (Å²) in [5, 5.41) is 0. The summed E-state index contributed by atoms with van der Waals surface area (Å²) >= 11 is 9.09. The standard InChI is InChI=1S/C14H13ClOS2/c1-2-17-11-5-3-10(4-6-11)13(16)9-12-7-8-14(15)18-12/h3-8H,2,9H2,1H3. The van der Waals surface area contributed by atoms with E-state index >= 15 is 0 Å². The zero-order valence-corrected chi connectivity index (χ0v) is 12.4. The van der Waals surface area contributed by atoms with Crippen molar-refractivity contribution in [3.63, 3.8) is 0 Å². The van der Waals surface area contributed by atoms with Gasteiger partial charge in [-0.15, -0.1) is 23.1 Å². The minimum Gasteiger partial charge on any atom is -0.294 e. The molecular formula is C14H13ClOS2. The second kappa shape index (κ2) is 6.41. The summed E-state index contributed by atoms with van der Waals surface area (Å²) in [5.41, 5.74) is 0.764. The molecule has 1 aromatic carbocycles. The van der Waals surface area contributed by atoms with Gasteiger partial charge in [0, 0.05) is 21.8 Å². The molecule has 0 radical (unpaired) electrons. The minimum atomic E-state index is 0.140. The quantitative estimate of drug-likeness (QED) is 0.574. The van der Waals surface area contributed by atoms with Gasteiger partial charge in [0.1, 0.15) is 0 Å². The molecule has 0 bridgehead atoms. The molecule has 0 amide bonds. The first-order chi connectivity index (χ1) is 8.69. The molecule has 1 aromatic heterocycles. The number of hydrogen-bond donors (Lipinski definition) is 0. The summed E-state index contributed by atoms with van der Waals surface area (Å²) in [5.74, 6) is 1.18. The largest absolute Gasteiger partial charge is 0.294 e. The van der Waals surface area contributed by atoms with Gasteiger partial charge in [0.2, 0.25) is 0 Å². The molecule has 94 valence electrons. The van der Waals surface area contributed by atoms with Gasteiger partial charge < -0.3 is 0 Å². The molecule has 0 atom stereocenters. The van der Waals surface area contributed by atoms with Crippen molar-refractivity contribution >= 4 is 40.5 Å². The Kier molecular flexibility index (Phi) is 4.87. The molecule has 0 spiro atoms. The Hall–Kier alpha value is -0.770. The van der Waals surface area contributed by atoms with Gasteiger partial charge in [-0.25, -0.2) is 0 Å². The second-order valence-electron chi connectivity index (χ2n) is 3.76. The van der Waals surface area contributed by atoms with Crippen LogP contribution >= 0.6 is 34.7 Å². The van der Waals surface area contributed by atoms with Crippen molar-refractivity contribution in [2.75, 3.05) is 5.75 Å². The van der Waals surface area contributed by atoms with Crippen LogP contribution in [0.25, 0.3) is 0 Å². The molecule has 1 heterocycles. The van der Waals surface area contributed by atoms with Crippen molar-refractivity contribution in [3.8, 4) is 0 Å². The summed E-state index contributed by atoms with van der Waals surface area (Å²) in [6, 6.07) is 11.5. The molecule has 1 nitrogen and oxygen atoms in total. The van der Waals surface area contributed by atoms with E-state index < -0.39 is 0 Å². The van der Waals surface area contributed by atoms with Crippen LogP contribution in [0.15, 0.2) is 41.3 Å². The Morgan fingerprint density at radius 1 is 1.22 bits per heavy atom. The molecule has 0 saturated carbocycles. The molecule has 0 saturated heterocycles. The van der Waals surface area contributed by atoms with Crippen LogP contribution in [0.2, 0.25) is 4.34 Å². The van der Waals surface area contributed by atoms with Gasteiger partial charge in [0.05, 0.1) is 4.34 Å². The highest BCUT2D eigenvalue weighted by Gasteiger charge is 2.08. The Labute approximate surface area is 120 Å². The highest BCUT2D eigenvalue weighted by atomic mass is 35.5. The summed E-state index contributed by atoms with van der Waals surface area (Å²) in [6.45, 7) is 2.12. The van der Waals surface area contributed by atoms with Crippen LogP contribution < -0.4 is 0 Å². The third kappa shape index (κ3) is 3.61. The average molecular weight is 297 g/mol. The number of benzene rings is 1. The van der Waals surface area contributed by atoms with Gasteiger partial charge in [0.25, 0.3) is 0 Å². The Morgan fingerprint density at radius 3 is 2.50 bits per heavy atom. The summed E-state index contributed by atoms with van der Waals surface area (Å²) < 4.78 is 0.729. The van der Waals surface area contributed by atoms with Gasteiger partial charge in [-0.05, 0) is 30.0 Å². The van der Waals surface area contributed by atoms with Crippen LogP contribution in [0.3, 0.4) is 0 Å². The molecule has 2 aromatic rings. The number of Topliss-reactive ketones (excluding diaryl/α,β-unsaturated/α-hetero) is 1. The third-order valence-corrected chi connectivity index (χ3v) is 4.58. The number of thioether (sulfide) groups is 1. The van der Waals surface area contributed by atoms with Crippen molar-refractivity contribution < 1.29 is 4.79 Å². The molecule has 4 heteroatoms. The molecule has 0 aliphatic rings. The number of rotatable bonds is 5. The van der Waals surface area contributed by atoms with Gasteiger partial charge in [-0.2, -0.15) is 0 Å². The van der Waals surface area contributed by atoms with E-state index in [1.54, 1.807) is 11.8 Å². The van der Waals surface area contributed by atoms with Crippen LogP contribution in [0, 0.1) is 0 Å². The van der Waals surface area contributed by atoms with E-state index in [1.807, 2.05) is 36.4 Å². The zero-order valence-electron chi connectivity index (χ0n) is 9.98. The smallest absolute Gasteiger partial charge is 0.168 e. The third-order valence-electron chi connectivity index (χ3n) is 2.45. The molecule has 18 heavy (non-hydrogen) atoms. The lowest BCUT2D eigenvalue weighted by Gasteiger charge is -2.01. The number of thiophene rings is 1. The van der Waals surface area contributed by atoms with Crippen LogP contribution in [0.5, 0.6) is 0 Å². The molecule has 0 aliphatic heterocycles. The maximum Gasteiger partial charge on any atom is 0.168 e. The van der Waals surface area contributed by atoms with E-state index in [2.05, 4.69) is 6.92 Å². The summed E-state index contributed by atoms with van der Waals surface area (Å²) in [7, 11) is 0. The van der Waals surface area contributed by atoms with Crippen LogP contribution in [-0.4, -0.2) is 11.5 Å². The van der Waals surface area contributed by atoms with E-state index in [0.29, 0.717) is 6.42 Å². The van der Waals surface area contributed by atoms with Crippen molar-refractivity contribution in [3.05, 3.63) is 51.2 Å². The van der Waals surface area contributed by atoms with Crippen molar-refractivity contribution in [2.24, 2.45) is 0 Å². The Bertz CT molecular complexity index is 531. The van der Waals surface area contributed by atoms with Gasteiger partial charge in [0.15, 0.2) is 5.78 Å². The first-order valence-electron chi connectivity index (χ1n) is 5.69. The van der Waals surface area contributed by atoms with Gasteiger partial charge >= 0.3 is 0 Å². The molecular weight excluding hydrogens is 284 g/mol. The molecule has 0 aliphatic carbocycles. The van der Waals surface area contributed by atoms with E-state index in [4.69, 9.17) is 11.6 Å². The van der Waals surface area contributed by atoms with E-state index in [-0.39, 0.29) is 5.78 Å². The summed E-state index contributed by atoms with van der Waals surface area (Å²) in [6.07, 6.45) is 0.428. The van der Waals surface area contributed by atoms with Crippen LogP contribution in [0.4, 0.5) is 0 Å². The molecule has 0 N–H and O–H groups in total. The fourth-order valence-electron chi connectivity index (χ4n) is 1.61. The topological polar surface area (TPSA) is 17.1 Å². The number of carbonyl (C=O) groups excluding carboxylic acids is 1. The van der Waals surface area contributed by atoms with Gasteiger partial charge in [-0.3, -0.25) is 4.79 Å². The average Bonchev–Trinajstić information content (AvgIpc) is 2.76. The predicted molar refractivity (Wildman–Crippen MR) is 80.2 cm³/mol. The van der Waals surface area contributed by atoms with E-state index in [9.17, 15) is 4.79 Å². The maximum atomic E-state index is 12.0. The van der Waals surface area contributed by atoms with Gasteiger partial charge in [-0.1, -0.05) is 30.7 Å². The minimum absolute atomic E-state index is 0.140. The molecule has 0 fully saturated rings. The first kappa shape index (κ1) is 13.7. The predicted octanol–water partition coefficient (Wildman–Crippen LogP) is 4.94. The first-order valence-corrected chi connectivity index (χ1v) is 7.87. The number of ketones is 1. The van der Waals surface area contributed by atoms with Crippen molar-refractivity contribution in [2.45, 2.75) is 18.2 Å². The summed E-state index contributed by atoms with van der Waals surface area (Å²) in [4.78, 5) is 14.3. The fraction of sp³-hybridized carbons (Fsp3) is 0.214. The molecule has 2 rings (SSSR count). The highest BCUT2D eigenvalue weighted by Crippen LogP contribution is 2.23. The van der Waals surface area contributed by atoms with Crippen LogP contribution in [0.1, 0.15) is 22.2 Å². The van der Waals surface area contributed by atoms with Crippen molar-refractivity contribution in [1.29, 1.82) is 0 Å². The van der Waals surface area contributed by atoms with E-state index in [0.717, 1.165) is 20.5 Å². The normalized spacial score (nSPS) is 10.6. The highest BCUT2D eigenvalue weighted by molar-refractivity contribution is 7.99.